The molecule has 0 aliphatic carbocycles. The van der Waals surface area contributed by atoms with Gasteiger partial charge in [-0.05, 0) is 30.3 Å². The van der Waals surface area contributed by atoms with Crippen LogP contribution in [-0.4, -0.2) is 13.0 Å². The van der Waals surface area contributed by atoms with Gasteiger partial charge in [-0.2, -0.15) is 5.26 Å². The molecule has 0 aromatic heterocycles. The molecular weight excluding hydrogens is 268 g/mol. The first-order valence-corrected chi connectivity index (χ1v) is 6.09. The fraction of sp³-hybridized carbons (Fsp3) is 0.0667. The Hall–Kier alpha value is -3.20. The number of benzene rings is 2. The minimum atomic E-state index is -0.379. The maximum Gasteiger partial charge on any atom is 0.257 e. The van der Waals surface area contributed by atoms with Crippen LogP contribution in [0.25, 0.3) is 0 Å². The summed E-state index contributed by atoms with van der Waals surface area (Å²) >= 11 is 0. The number of nitrogens with one attached hydrogen (secondary N) is 1. The molecule has 0 radical (unpaired) electrons. The quantitative estimate of drug-likeness (QED) is 0.745. The van der Waals surface area contributed by atoms with E-state index in [1.54, 1.807) is 30.3 Å². The number of anilines is 3. The number of methoxy groups -OCH3 is 1. The summed E-state index contributed by atoms with van der Waals surface area (Å²) in [6, 6.07) is 11.4. The molecule has 6 heteroatoms. The standard InChI is InChI=1S/C15H14N4O2/c1-21-14-6-9(8-16)2-5-13(14)19-15(20)11-4-3-10(17)7-12(11)18/h2-7H,17-18H2,1H3,(H,19,20). The maximum absolute atomic E-state index is 12.2. The fourth-order valence-corrected chi connectivity index (χ4v) is 1.84. The molecule has 2 aromatic rings. The highest BCUT2D eigenvalue weighted by Gasteiger charge is 2.13. The van der Waals surface area contributed by atoms with E-state index in [1.807, 2.05) is 6.07 Å². The first-order valence-electron chi connectivity index (χ1n) is 6.09. The van der Waals surface area contributed by atoms with E-state index in [1.165, 1.54) is 13.2 Å². The van der Waals surface area contributed by atoms with E-state index in [9.17, 15) is 4.79 Å². The Morgan fingerprint density at radius 1 is 1.24 bits per heavy atom. The highest BCUT2D eigenvalue weighted by Crippen LogP contribution is 2.26. The first-order chi connectivity index (χ1) is 10.0. The number of carbonyl (C=O) groups is 1. The fourth-order valence-electron chi connectivity index (χ4n) is 1.84. The van der Waals surface area contributed by atoms with Crippen LogP contribution in [0.3, 0.4) is 0 Å². The predicted molar refractivity (Wildman–Crippen MR) is 80.9 cm³/mol. The third-order valence-corrected chi connectivity index (χ3v) is 2.90. The van der Waals surface area contributed by atoms with E-state index in [-0.39, 0.29) is 5.91 Å². The maximum atomic E-state index is 12.2. The van der Waals surface area contributed by atoms with Crippen LogP contribution in [-0.2, 0) is 0 Å². The van der Waals surface area contributed by atoms with Gasteiger partial charge in [0.15, 0.2) is 0 Å². The van der Waals surface area contributed by atoms with Crippen LogP contribution in [0.5, 0.6) is 5.75 Å². The predicted octanol–water partition coefficient (Wildman–Crippen LogP) is 1.98. The van der Waals surface area contributed by atoms with E-state index in [0.717, 1.165) is 0 Å². The molecule has 2 aromatic carbocycles. The molecule has 0 heterocycles. The molecule has 0 saturated heterocycles. The third kappa shape index (κ3) is 3.04. The zero-order valence-electron chi connectivity index (χ0n) is 11.4. The van der Waals surface area contributed by atoms with Gasteiger partial charge in [-0.3, -0.25) is 4.79 Å². The van der Waals surface area contributed by atoms with Crippen LogP contribution >= 0.6 is 0 Å². The number of ether oxygens (including phenoxy) is 1. The largest absolute Gasteiger partial charge is 0.495 e. The molecule has 0 aliphatic rings. The average Bonchev–Trinajstić information content (AvgIpc) is 2.47. The van der Waals surface area contributed by atoms with Gasteiger partial charge in [-0.1, -0.05) is 0 Å². The van der Waals surface area contributed by atoms with Crippen molar-refractivity contribution in [1.29, 1.82) is 5.26 Å². The number of rotatable bonds is 3. The summed E-state index contributed by atoms with van der Waals surface area (Å²) in [7, 11) is 1.46. The van der Waals surface area contributed by atoms with E-state index >= 15 is 0 Å². The van der Waals surface area contributed by atoms with Crippen LogP contribution in [0.1, 0.15) is 15.9 Å². The average molecular weight is 282 g/mol. The molecule has 0 fully saturated rings. The van der Waals surface area contributed by atoms with Gasteiger partial charge >= 0.3 is 0 Å². The summed E-state index contributed by atoms with van der Waals surface area (Å²) in [5.41, 5.74) is 13.4. The van der Waals surface area contributed by atoms with Gasteiger partial charge in [0.25, 0.3) is 5.91 Å². The lowest BCUT2D eigenvalue weighted by molar-refractivity contribution is 0.102. The Labute approximate surface area is 121 Å². The number of nitrogen functional groups attached to an aromatic ring is 2. The summed E-state index contributed by atoms with van der Waals surface area (Å²) < 4.78 is 5.16. The van der Waals surface area contributed by atoms with Gasteiger partial charge in [-0.25, -0.2) is 0 Å². The monoisotopic (exact) mass is 282 g/mol. The van der Waals surface area contributed by atoms with Gasteiger partial charge in [-0.15, -0.1) is 0 Å². The second-order valence-corrected chi connectivity index (χ2v) is 4.33. The van der Waals surface area contributed by atoms with Crippen molar-refractivity contribution in [3.05, 3.63) is 47.5 Å². The van der Waals surface area contributed by atoms with Gasteiger partial charge < -0.3 is 21.5 Å². The molecule has 1 amide bonds. The Bertz CT molecular complexity index is 735. The van der Waals surface area contributed by atoms with E-state index < -0.39 is 0 Å². The van der Waals surface area contributed by atoms with Gasteiger partial charge in [0.2, 0.25) is 0 Å². The van der Waals surface area contributed by atoms with Crippen LogP contribution in [0.2, 0.25) is 0 Å². The molecule has 0 unspecified atom stereocenters. The normalized spacial score (nSPS) is 9.71. The topological polar surface area (TPSA) is 114 Å². The van der Waals surface area contributed by atoms with Crippen molar-refractivity contribution in [3.63, 3.8) is 0 Å². The van der Waals surface area contributed by atoms with Crippen molar-refractivity contribution in [3.8, 4) is 11.8 Å². The molecule has 21 heavy (non-hydrogen) atoms. The Morgan fingerprint density at radius 2 is 2.00 bits per heavy atom. The Morgan fingerprint density at radius 3 is 2.62 bits per heavy atom. The van der Waals surface area contributed by atoms with Gasteiger partial charge in [0.05, 0.1) is 30.0 Å². The molecule has 0 saturated carbocycles. The molecule has 5 N–H and O–H groups in total. The van der Waals surface area contributed by atoms with Crippen molar-refractivity contribution >= 4 is 23.0 Å². The number of amides is 1. The lowest BCUT2D eigenvalue weighted by Crippen LogP contribution is -2.14. The van der Waals surface area contributed by atoms with Crippen molar-refractivity contribution in [2.45, 2.75) is 0 Å². The van der Waals surface area contributed by atoms with Crippen LogP contribution in [0.4, 0.5) is 17.1 Å². The SMILES string of the molecule is COc1cc(C#N)ccc1NC(=O)c1ccc(N)cc1N. The van der Waals surface area contributed by atoms with E-state index in [4.69, 9.17) is 21.5 Å². The van der Waals surface area contributed by atoms with E-state index in [0.29, 0.717) is 33.9 Å². The number of nitrogens with two attached hydrogens (primary N) is 2. The summed E-state index contributed by atoms with van der Waals surface area (Å²) in [6.07, 6.45) is 0. The Kier molecular flexibility index (Phi) is 3.95. The minimum absolute atomic E-state index is 0.292. The number of carbonyl (C=O) groups excluding carboxylic acids is 1. The molecular formula is C15H14N4O2. The van der Waals surface area contributed by atoms with Gasteiger partial charge in [0.1, 0.15) is 5.75 Å². The Balaban J connectivity index is 2.29. The number of nitriles is 1. The van der Waals surface area contributed by atoms with Crippen LogP contribution < -0.4 is 21.5 Å². The van der Waals surface area contributed by atoms with Crippen LogP contribution in [0, 0.1) is 11.3 Å². The molecule has 0 aliphatic heterocycles. The summed E-state index contributed by atoms with van der Waals surface area (Å²) in [6.45, 7) is 0. The van der Waals surface area contributed by atoms with Crippen molar-refractivity contribution in [1.82, 2.24) is 0 Å². The lowest BCUT2D eigenvalue weighted by atomic mass is 10.1. The molecule has 2 rings (SSSR count). The number of hydrogen-bond acceptors (Lipinski definition) is 5. The summed E-state index contributed by atoms with van der Waals surface area (Å²) in [5, 5.41) is 11.5. The van der Waals surface area contributed by atoms with Crippen LogP contribution in [0.15, 0.2) is 36.4 Å². The second-order valence-electron chi connectivity index (χ2n) is 4.33. The number of nitrogens with zero attached hydrogens (tertiary/aromatic N) is 1. The molecule has 0 bridgehead atoms. The third-order valence-electron chi connectivity index (χ3n) is 2.90. The summed E-state index contributed by atoms with van der Waals surface area (Å²) in [4.78, 5) is 12.2. The molecule has 6 nitrogen and oxygen atoms in total. The van der Waals surface area contributed by atoms with Gasteiger partial charge in [0, 0.05) is 17.4 Å². The van der Waals surface area contributed by atoms with Crippen molar-refractivity contribution in [2.24, 2.45) is 0 Å². The zero-order chi connectivity index (χ0) is 15.4. The van der Waals surface area contributed by atoms with Crippen molar-refractivity contribution < 1.29 is 9.53 Å². The highest BCUT2D eigenvalue weighted by molar-refractivity contribution is 6.08. The summed E-state index contributed by atoms with van der Waals surface area (Å²) in [5.74, 6) is 0.0203. The smallest absolute Gasteiger partial charge is 0.257 e. The first kappa shape index (κ1) is 14.2. The molecule has 0 atom stereocenters. The highest BCUT2D eigenvalue weighted by atomic mass is 16.5. The van der Waals surface area contributed by atoms with Crippen molar-refractivity contribution in [2.75, 3.05) is 23.9 Å². The number of hydrogen-bond donors (Lipinski definition) is 3. The second kappa shape index (κ2) is 5.84. The molecule has 0 spiro atoms. The zero-order valence-corrected chi connectivity index (χ0v) is 11.4. The minimum Gasteiger partial charge on any atom is -0.495 e. The lowest BCUT2D eigenvalue weighted by Gasteiger charge is -2.11. The molecule has 106 valence electrons. The van der Waals surface area contributed by atoms with E-state index in [2.05, 4.69) is 5.32 Å².